The molecule has 0 aromatic heterocycles. The molecule has 3 saturated heterocycles. The van der Waals surface area contributed by atoms with Crippen molar-refractivity contribution < 1.29 is 8.42 Å². The standard InChI is InChI=1S/C13H18BrN3O2S/c14-11-2-1-10(7-12(11)15)20(18,19)16-13-8-17-5-3-9(13)4-6-17/h1-2,7,9,13,16H,3-6,8,15H2. The van der Waals surface area contributed by atoms with E-state index in [4.69, 9.17) is 5.73 Å². The first-order chi connectivity index (χ1) is 9.45. The van der Waals surface area contributed by atoms with E-state index in [1.54, 1.807) is 12.1 Å². The Morgan fingerprint density at radius 3 is 2.55 bits per heavy atom. The Hall–Kier alpha value is -0.630. The predicted molar refractivity (Wildman–Crippen MR) is 81.8 cm³/mol. The number of anilines is 1. The number of nitrogens with two attached hydrogens (primary N) is 1. The maximum absolute atomic E-state index is 12.4. The van der Waals surface area contributed by atoms with Crippen molar-refractivity contribution in [3.8, 4) is 0 Å². The zero-order chi connectivity index (χ0) is 14.3. The zero-order valence-electron chi connectivity index (χ0n) is 11.0. The van der Waals surface area contributed by atoms with E-state index < -0.39 is 10.0 Å². The molecule has 7 heteroatoms. The van der Waals surface area contributed by atoms with Crippen LogP contribution in [0.3, 0.4) is 0 Å². The van der Waals surface area contributed by atoms with Crippen LogP contribution in [0.4, 0.5) is 5.69 Å². The van der Waals surface area contributed by atoms with Gasteiger partial charge in [0.05, 0.1) is 4.90 Å². The first-order valence-corrected chi connectivity index (χ1v) is 9.03. The lowest BCUT2D eigenvalue weighted by molar-refractivity contribution is 0.0827. The highest BCUT2D eigenvalue weighted by molar-refractivity contribution is 9.10. The van der Waals surface area contributed by atoms with Crippen molar-refractivity contribution in [2.24, 2.45) is 5.92 Å². The number of nitrogens with zero attached hydrogens (tertiary/aromatic N) is 1. The van der Waals surface area contributed by atoms with E-state index in [1.807, 2.05) is 0 Å². The lowest BCUT2D eigenvalue weighted by Gasteiger charge is -2.44. The number of halogens is 1. The Balaban J connectivity index is 1.80. The van der Waals surface area contributed by atoms with E-state index in [0.29, 0.717) is 16.1 Å². The average molecular weight is 360 g/mol. The third kappa shape index (κ3) is 2.72. The first kappa shape index (κ1) is 14.3. The molecular formula is C13H18BrN3O2S. The maximum Gasteiger partial charge on any atom is 0.240 e. The molecule has 1 atom stereocenters. The summed E-state index contributed by atoms with van der Waals surface area (Å²) in [6, 6.07) is 4.76. The van der Waals surface area contributed by atoms with Crippen molar-refractivity contribution in [1.82, 2.24) is 9.62 Å². The third-order valence-corrected chi connectivity index (χ3v) is 6.45. The van der Waals surface area contributed by atoms with Gasteiger partial charge in [0.25, 0.3) is 0 Å². The minimum absolute atomic E-state index is 0.0207. The molecule has 1 unspecified atom stereocenters. The number of piperidine rings is 3. The number of nitrogen functional groups attached to an aromatic ring is 1. The minimum atomic E-state index is -3.50. The predicted octanol–water partition coefficient (Wildman–Crippen LogP) is 1.40. The molecular weight excluding hydrogens is 342 g/mol. The van der Waals surface area contributed by atoms with Gasteiger partial charge in [0.1, 0.15) is 0 Å². The second-order valence-corrected chi connectivity index (χ2v) is 8.12. The number of fused-ring (bicyclic) bond motifs is 3. The number of benzene rings is 1. The van der Waals surface area contributed by atoms with Gasteiger partial charge in [-0.15, -0.1) is 0 Å². The van der Waals surface area contributed by atoms with Crippen LogP contribution in [0.2, 0.25) is 0 Å². The topological polar surface area (TPSA) is 75.4 Å². The maximum atomic E-state index is 12.4. The first-order valence-electron chi connectivity index (χ1n) is 6.75. The molecule has 5 nitrogen and oxygen atoms in total. The zero-order valence-corrected chi connectivity index (χ0v) is 13.5. The van der Waals surface area contributed by atoms with Crippen LogP contribution in [0.5, 0.6) is 0 Å². The minimum Gasteiger partial charge on any atom is -0.398 e. The largest absolute Gasteiger partial charge is 0.398 e. The number of nitrogens with one attached hydrogen (secondary N) is 1. The van der Waals surface area contributed by atoms with E-state index in [2.05, 4.69) is 25.6 Å². The van der Waals surface area contributed by atoms with Gasteiger partial charge >= 0.3 is 0 Å². The summed E-state index contributed by atoms with van der Waals surface area (Å²) in [6.07, 6.45) is 2.16. The van der Waals surface area contributed by atoms with Crippen LogP contribution < -0.4 is 10.5 Å². The summed E-state index contributed by atoms with van der Waals surface area (Å²) in [5, 5.41) is 0. The van der Waals surface area contributed by atoms with Gasteiger partial charge in [-0.2, -0.15) is 0 Å². The van der Waals surface area contributed by atoms with Crippen LogP contribution in [0, 0.1) is 5.92 Å². The van der Waals surface area contributed by atoms with Gasteiger partial charge in [-0.25, -0.2) is 13.1 Å². The summed E-state index contributed by atoms with van der Waals surface area (Å²) in [7, 11) is -3.50. The van der Waals surface area contributed by atoms with E-state index in [1.165, 1.54) is 6.07 Å². The molecule has 3 aliphatic heterocycles. The van der Waals surface area contributed by atoms with E-state index >= 15 is 0 Å². The second kappa shape index (κ2) is 5.29. The van der Waals surface area contributed by atoms with Crippen LogP contribution >= 0.6 is 15.9 Å². The molecule has 1 aromatic carbocycles. The van der Waals surface area contributed by atoms with Crippen LogP contribution in [0.25, 0.3) is 0 Å². The van der Waals surface area contributed by atoms with E-state index in [9.17, 15) is 8.42 Å². The molecule has 3 aliphatic rings. The second-order valence-electron chi connectivity index (χ2n) is 5.55. The van der Waals surface area contributed by atoms with Crippen molar-refractivity contribution in [1.29, 1.82) is 0 Å². The monoisotopic (exact) mass is 359 g/mol. The lowest BCUT2D eigenvalue weighted by Crippen LogP contribution is -2.57. The van der Waals surface area contributed by atoms with Crippen molar-refractivity contribution >= 4 is 31.6 Å². The highest BCUT2D eigenvalue weighted by Crippen LogP contribution is 2.29. The molecule has 0 radical (unpaired) electrons. The number of hydrogen-bond donors (Lipinski definition) is 2. The fourth-order valence-corrected chi connectivity index (χ4v) is 4.63. The van der Waals surface area contributed by atoms with E-state index in [0.717, 1.165) is 32.5 Å². The van der Waals surface area contributed by atoms with E-state index in [-0.39, 0.29) is 10.9 Å². The molecule has 0 spiro atoms. The lowest BCUT2D eigenvalue weighted by atomic mass is 9.85. The Labute approximate surface area is 127 Å². The summed E-state index contributed by atoms with van der Waals surface area (Å²) in [4.78, 5) is 2.55. The fourth-order valence-electron chi connectivity index (χ4n) is 3.05. The number of hydrogen-bond acceptors (Lipinski definition) is 4. The Kier molecular flexibility index (Phi) is 3.79. The van der Waals surface area contributed by atoms with Crippen molar-refractivity contribution in [3.05, 3.63) is 22.7 Å². The third-order valence-electron chi connectivity index (χ3n) is 4.24. The van der Waals surface area contributed by atoms with Gasteiger partial charge in [0, 0.05) is 22.7 Å². The molecule has 20 heavy (non-hydrogen) atoms. The van der Waals surface area contributed by atoms with Crippen molar-refractivity contribution in [3.63, 3.8) is 0 Å². The molecule has 4 rings (SSSR count). The summed E-state index contributed by atoms with van der Waals surface area (Å²) >= 11 is 3.27. The highest BCUT2D eigenvalue weighted by atomic mass is 79.9. The molecule has 1 aromatic rings. The highest BCUT2D eigenvalue weighted by Gasteiger charge is 2.36. The molecule has 110 valence electrons. The number of rotatable bonds is 3. The van der Waals surface area contributed by atoms with Gasteiger partial charge < -0.3 is 10.6 Å². The summed E-state index contributed by atoms with van der Waals surface area (Å²) in [5.41, 5.74) is 6.20. The SMILES string of the molecule is Nc1cc(S(=O)(=O)NC2CN3CCC2CC3)ccc1Br. The quantitative estimate of drug-likeness (QED) is 0.800. The molecule has 2 bridgehead atoms. The molecule has 0 aliphatic carbocycles. The van der Waals surface area contributed by atoms with Gasteiger partial charge in [-0.3, -0.25) is 0 Å². The van der Waals surface area contributed by atoms with Crippen molar-refractivity contribution in [2.75, 3.05) is 25.4 Å². The molecule has 3 N–H and O–H groups in total. The molecule has 3 heterocycles. The molecule has 3 fully saturated rings. The fraction of sp³-hybridized carbons (Fsp3) is 0.538. The summed E-state index contributed by atoms with van der Waals surface area (Å²) in [5.74, 6) is 0.461. The number of sulfonamides is 1. The Bertz CT molecular complexity index is 612. The molecule has 0 amide bonds. The average Bonchev–Trinajstić information content (AvgIpc) is 2.42. The van der Waals surface area contributed by atoms with Crippen LogP contribution in [-0.2, 0) is 10.0 Å². The van der Waals surface area contributed by atoms with Crippen LogP contribution in [0.1, 0.15) is 12.8 Å². The van der Waals surface area contributed by atoms with Gasteiger partial charge in [0.15, 0.2) is 0 Å². The Morgan fingerprint density at radius 2 is 2.00 bits per heavy atom. The smallest absolute Gasteiger partial charge is 0.240 e. The molecule has 0 saturated carbocycles. The van der Waals surface area contributed by atoms with Gasteiger partial charge in [-0.05, 0) is 66.0 Å². The van der Waals surface area contributed by atoms with Crippen LogP contribution in [0.15, 0.2) is 27.6 Å². The van der Waals surface area contributed by atoms with Crippen LogP contribution in [-0.4, -0.2) is 39.0 Å². The van der Waals surface area contributed by atoms with Gasteiger partial charge in [-0.1, -0.05) is 0 Å². The van der Waals surface area contributed by atoms with Crippen molar-refractivity contribution in [2.45, 2.75) is 23.8 Å². The summed E-state index contributed by atoms with van der Waals surface area (Å²) < 4.78 is 28.4. The Morgan fingerprint density at radius 1 is 1.30 bits per heavy atom. The van der Waals surface area contributed by atoms with Gasteiger partial charge in [0.2, 0.25) is 10.0 Å². The summed E-state index contributed by atoms with van der Waals surface area (Å²) in [6.45, 7) is 3.00. The normalized spacial score (nSPS) is 29.6.